The molecule has 6 heteroatoms. The van der Waals surface area contributed by atoms with Gasteiger partial charge in [-0.2, -0.15) is 4.98 Å². The van der Waals surface area contributed by atoms with Gasteiger partial charge < -0.3 is 14.6 Å². The first-order valence-corrected chi connectivity index (χ1v) is 7.48. The maximum Gasteiger partial charge on any atom is 0.234 e. The highest BCUT2D eigenvalue weighted by Gasteiger charge is 2.33. The van der Waals surface area contributed by atoms with E-state index in [-0.39, 0.29) is 12.0 Å². The van der Waals surface area contributed by atoms with E-state index in [9.17, 15) is 0 Å². The first-order chi connectivity index (χ1) is 9.79. The number of ether oxygens (including phenoxy) is 1. The Hall–Kier alpha value is -1.24. The van der Waals surface area contributed by atoms with E-state index >= 15 is 0 Å². The van der Waals surface area contributed by atoms with Gasteiger partial charge in [-0.1, -0.05) is 40.1 Å². The summed E-state index contributed by atoms with van der Waals surface area (Å²) in [5.74, 6) is 1.37. The molecule has 2 heterocycles. The van der Waals surface area contributed by atoms with Crippen LogP contribution < -0.4 is 5.32 Å². The van der Waals surface area contributed by atoms with E-state index in [2.05, 4.69) is 38.3 Å². The molecule has 0 saturated carbocycles. The van der Waals surface area contributed by atoms with E-state index in [0.29, 0.717) is 24.9 Å². The molecule has 3 rings (SSSR count). The topological polar surface area (TPSA) is 60.2 Å². The zero-order chi connectivity index (χ0) is 13.9. The van der Waals surface area contributed by atoms with Crippen LogP contribution in [0.3, 0.4) is 0 Å². The molecular formula is C14H16BrN3O2. The Balaban J connectivity index is 1.85. The molecule has 1 aliphatic rings. The molecular weight excluding hydrogens is 322 g/mol. The first kappa shape index (κ1) is 13.7. The summed E-state index contributed by atoms with van der Waals surface area (Å²) in [5.41, 5.74) is 0.932. The van der Waals surface area contributed by atoms with Crippen LogP contribution in [0.25, 0.3) is 11.4 Å². The predicted molar refractivity (Wildman–Crippen MR) is 78.5 cm³/mol. The summed E-state index contributed by atoms with van der Waals surface area (Å²) in [6.45, 7) is 4.28. The van der Waals surface area contributed by atoms with Crippen LogP contribution in [0.2, 0.25) is 0 Å². The van der Waals surface area contributed by atoms with Gasteiger partial charge in [0.25, 0.3) is 0 Å². The van der Waals surface area contributed by atoms with Crippen LogP contribution in [0.5, 0.6) is 0 Å². The number of hydrogen-bond acceptors (Lipinski definition) is 5. The van der Waals surface area contributed by atoms with Gasteiger partial charge in [0.15, 0.2) is 0 Å². The van der Waals surface area contributed by atoms with Gasteiger partial charge in [0.1, 0.15) is 0 Å². The zero-order valence-corrected chi connectivity index (χ0v) is 12.8. The summed E-state index contributed by atoms with van der Waals surface area (Å²) in [6.07, 6.45) is 0. The zero-order valence-electron chi connectivity index (χ0n) is 11.2. The number of nitrogens with zero attached hydrogens (tertiary/aromatic N) is 2. The van der Waals surface area contributed by atoms with Crippen molar-refractivity contribution in [2.45, 2.75) is 18.9 Å². The highest BCUT2D eigenvalue weighted by atomic mass is 79.9. The predicted octanol–water partition coefficient (Wildman–Crippen LogP) is 2.59. The molecule has 1 N–H and O–H groups in total. The van der Waals surface area contributed by atoms with E-state index in [0.717, 1.165) is 16.6 Å². The van der Waals surface area contributed by atoms with Crippen molar-refractivity contribution in [2.24, 2.45) is 0 Å². The third-order valence-corrected chi connectivity index (χ3v) is 4.11. The Morgan fingerprint density at radius 1 is 1.35 bits per heavy atom. The molecule has 1 aliphatic heterocycles. The number of hydrogen-bond donors (Lipinski definition) is 1. The maximum absolute atomic E-state index is 5.52. The lowest BCUT2D eigenvalue weighted by Crippen LogP contribution is -2.34. The Morgan fingerprint density at radius 2 is 2.20 bits per heavy atom. The standard InChI is InChI=1S/C14H16BrN3O2/c1-2-16-12-8-19-7-10(12)14-17-13(18-20-14)9-5-3-4-6-11(9)15/h3-6,10,12,16H,2,7-8H2,1H3. The summed E-state index contributed by atoms with van der Waals surface area (Å²) < 4.78 is 11.9. The van der Waals surface area contributed by atoms with Gasteiger partial charge in [-0.3, -0.25) is 0 Å². The van der Waals surface area contributed by atoms with Crippen LogP contribution in [0, 0.1) is 0 Å². The van der Waals surface area contributed by atoms with Crippen LogP contribution >= 0.6 is 15.9 Å². The second-order valence-electron chi connectivity index (χ2n) is 4.74. The quantitative estimate of drug-likeness (QED) is 0.929. The van der Waals surface area contributed by atoms with E-state index in [1.165, 1.54) is 0 Å². The normalized spacial score (nSPS) is 22.3. The molecule has 0 spiro atoms. The molecule has 5 nitrogen and oxygen atoms in total. The summed E-state index contributed by atoms with van der Waals surface area (Å²) in [6, 6.07) is 8.08. The number of nitrogens with one attached hydrogen (secondary N) is 1. The molecule has 1 aromatic carbocycles. The Kier molecular flexibility index (Phi) is 4.14. The monoisotopic (exact) mass is 337 g/mol. The Bertz CT molecular complexity index is 587. The summed E-state index contributed by atoms with van der Waals surface area (Å²) in [7, 11) is 0. The lowest BCUT2D eigenvalue weighted by Gasteiger charge is -2.13. The van der Waals surface area contributed by atoms with Crippen LogP contribution in [0.4, 0.5) is 0 Å². The van der Waals surface area contributed by atoms with E-state index in [1.54, 1.807) is 0 Å². The number of halogens is 1. The fraction of sp³-hybridized carbons (Fsp3) is 0.429. The first-order valence-electron chi connectivity index (χ1n) is 6.69. The molecule has 2 atom stereocenters. The number of likely N-dealkylation sites (N-methyl/N-ethyl adjacent to an activating group) is 1. The van der Waals surface area contributed by atoms with Crippen LogP contribution in [-0.2, 0) is 4.74 Å². The Labute approximate surface area is 125 Å². The molecule has 2 unspecified atom stereocenters. The maximum atomic E-state index is 5.52. The molecule has 1 fully saturated rings. The van der Waals surface area contributed by atoms with Crippen LogP contribution in [0.1, 0.15) is 18.7 Å². The Morgan fingerprint density at radius 3 is 3.00 bits per heavy atom. The van der Waals surface area contributed by atoms with Gasteiger partial charge in [0.2, 0.25) is 11.7 Å². The van der Waals surface area contributed by atoms with Gasteiger partial charge in [0.05, 0.1) is 19.1 Å². The van der Waals surface area contributed by atoms with E-state index in [4.69, 9.17) is 9.26 Å². The summed E-state index contributed by atoms with van der Waals surface area (Å²) in [4.78, 5) is 4.53. The van der Waals surface area contributed by atoms with Gasteiger partial charge >= 0.3 is 0 Å². The van der Waals surface area contributed by atoms with Gasteiger partial charge in [-0.25, -0.2) is 0 Å². The number of benzene rings is 1. The lowest BCUT2D eigenvalue weighted by atomic mass is 10.0. The highest BCUT2D eigenvalue weighted by Crippen LogP contribution is 2.29. The van der Waals surface area contributed by atoms with Crippen molar-refractivity contribution in [1.29, 1.82) is 0 Å². The minimum absolute atomic E-state index is 0.124. The van der Waals surface area contributed by atoms with Crippen LogP contribution in [0.15, 0.2) is 33.3 Å². The molecule has 0 bridgehead atoms. The average molecular weight is 338 g/mol. The second-order valence-corrected chi connectivity index (χ2v) is 5.60. The summed E-state index contributed by atoms with van der Waals surface area (Å²) >= 11 is 3.50. The fourth-order valence-electron chi connectivity index (χ4n) is 2.40. The SMILES string of the molecule is CCNC1COCC1c1nc(-c2ccccc2Br)no1. The second kappa shape index (κ2) is 6.03. The molecule has 0 aliphatic carbocycles. The van der Waals surface area contributed by atoms with Crippen molar-refractivity contribution in [3.05, 3.63) is 34.6 Å². The fourth-order valence-corrected chi connectivity index (χ4v) is 2.86. The third kappa shape index (κ3) is 2.63. The smallest absolute Gasteiger partial charge is 0.234 e. The van der Waals surface area contributed by atoms with Crippen molar-refractivity contribution >= 4 is 15.9 Å². The van der Waals surface area contributed by atoms with Crippen molar-refractivity contribution in [1.82, 2.24) is 15.5 Å². The largest absolute Gasteiger partial charge is 0.379 e. The van der Waals surface area contributed by atoms with Crippen molar-refractivity contribution < 1.29 is 9.26 Å². The van der Waals surface area contributed by atoms with E-state index in [1.807, 2.05) is 24.3 Å². The molecule has 2 aromatic rings. The van der Waals surface area contributed by atoms with Gasteiger partial charge in [-0.15, -0.1) is 0 Å². The third-order valence-electron chi connectivity index (χ3n) is 3.42. The lowest BCUT2D eigenvalue weighted by molar-refractivity contribution is 0.185. The molecule has 0 amide bonds. The minimum Gasteiger partial charge on any atom is -0.379 e. The molecule has 20 heavy (non-hydrogen) atoms. The average Bonchev–Trinajstić information content (AvgIpc) is 3.08. The van der Waals surface area contributed by atoms with Crippen molar-refractivity contribution in [3.8, 4) is 11.4 Å². The minimum atomic E-state index is 0.124. The molecule has 0 radical (unpaired) electrons. The highest BCUT2D eigenvalue weighted by molar-refractivity contribution is 9.10. The molecule has 1 aromatic heterocycles. The molecule has 1 saturated heterocycles. The number of aromatic nitrogens is 2. The van der Waals surface area contributed by atoms with Crippen molar-refractivity contribution in [3.63, 3.8) is 0 Å². The number of rotatable bonds is 4. The van der Waals surface area contributed by atoms with Gasteiger partial charge in [-0.05, 0) is 18.7 Å². The summed E-state index contributed by atoms with van der Waals surface area (Å²) in [5, 5.41) is 7.48. The van der Waals surface area contributed by atoms with Crippen molar-refractivity contribution in [2.75, 3.05) is 19.8 Å². The molecule has 106 valence electrons. The van der Waals surface area contributed by atoms with Gasteiger partial charge in [0, 0.05) is 16.1 Å². The van der Waals surface area contributed by atoms with E-state index < -0.39 is 0 Å². The van der Waals surface area contributed by atoms with Crippen LogP contribution in [-0.4, -0.2) is 35.9 Å².